The summed E-state index contributed by atoms with van der Waals surface area (Å²) >= 11 is 0. The Morgan fingerprint density at radius 1 is 1.13 bits per heavy atom. The van der Waals surface area contributed by atoms with Crippen LogP contribution in [-0.2, 0) is 11.2 Å². The molecule has 1 aromatic heterocycles. The Labute approximate surface area is 199 Å². The largest absolute Gasteiger partial charge is 0.379 e. The average molecular weight is 537 g/mol. The molecule has 1 aliphatic rings. The van der Waals surface area contributed by atoms with Crippen molar-refractivity contribution >= 4 is 29.9 Å². The highest BCUT2D eigenvalue weighted by Gasteiger charge is 2.26. The molecule has 0 aliphatic carbocycles. The molecule has 1 aliphatic heterocycles. The third-order valence-electron chi connectivity index (χ3n) is 5.52. The Bertz CT molecular complexity index is 600. The molecule has 1 fully saturated rings. The molecule has 1 saturated heterocycles. The summed E-state index contributed by atoms with van der Waals surface area (Å²) < 4.78 is 10.9. The van der Waals surface area contributed by atoms with E-state index in [-0.39, 0.29) is 29.9 Å². The number of morpholine rings is 1. The van der Waals surface area contributed by atoms with Gasteiger partial charge in [0.05, 0.1) is 19.8 Å². The number of nitrogens with one attached hydrogen (secondary N) is 2. The molecular weight excluding hydrogens is 495 g/mol. The lowest BCUT2D eigenvalue weighted by Crippen LogP contribution is -2.49. The van der Waals surface area contributed by atoms with Crippen LogP contribution in [0.1, 0.15) is 65.1 Å². The lowest BCUT2D eigenvalue weighted by Gasteiger charge is -2.38. The van der Waals surface area contributed by atoms with Crippen LogP contribution in [0.2, 0.25) is 0 Å². The Morgan fingerprint density at radius 3 is 2.40 bits per heavy atom. The zero-order valence-corrected chi connectivity index (χ0v) is 21.6. The van der Waals surface area contributed by atoms with E-state index in [4.69, 9.17) is 14.3 Å². The molecule has 0 spiro atoms. The summed E-state index contributed by atoms with van der Waals surface area (Å²) in [4.78, 5) is 11.9. The number of halogens is 1. The predicted molar refractivity (Wildman–Crippen MR) is 132 cm³/mol. The minimum atomic E-state index is 0. The van der Waals surface area contributed by atoms with Crippen molar-refractivity contribution in [2.24, 2.45) is 10.9 Å². The summed E-state index contributed by atoms with van der Waals surface area (Å²) in [6.07, 6.45) is 3.03. The van der Waals surface area contributed by atoms with Crippen molar-refractivity contribution in [1.82, 2.24) is 25.7 Å². The molecule has 0 aromatic carbocycles. The van der Waals surface area contributed by atoms with Crippen molar-refractivity contribution in [2.75, 3.05) is 45.9 Å². The van der Waals surface area contributed by atoms with Gasteiger partial charge in [-0.25, -0.2) is 0 Å². The summed E-state index contributed by atoms with van der Waals surface area (Å²) in [6, 6.07) is 0.453. The van der Waals surface area contributed by atoms with Crippen LogP contribution in [0.5, 0.6) is 0 Å². The highest BCUT2D eigenvalue weighted by Crippen LogP contribution is 2.20. The van der Waals surface area contributed by atoms with E-state index in [1.807, 2.05) is 0 Å². The third kappa shape index (κ3) is 8.66. The quantitative estimate of drug-likeness (QED) is 0.255. The molecule has 2 rings (SSSR count). The monoisotopic (exact) mass is 536 g/mol. The van der Waals surface area contributed by atoms with Crippen molar-refractivity contribution in [1.29, 1.82) is 0 Å². The molecule has 1 aromatic rings. The number of aromatic nitrogens is 2. The van der Waals surface area contributed by atoms with E-state index in [9.17, 15) is 0 Å². The van der Waals surface area contributed by atoms with Crippen molar-refractivity contribution in [3.8, 4) is 0 Å². The van der Waals surface area contributed by atoms with Gasteiger partial charge in [0, 0.05) is 44.6 Å². The first-order chi connectivity index (χ1) is 14.1. The fourth-order valence-corrected chi connectivity index (χ4v) is 3.72. The van der Waals surface area contributed by atoms with Gasteiger partial charge in [-0.05, 0) is 12.8 Å². The molecule has 0 radical (unpaired) electrons. The van der Waals surface area contributed by atoms with E-state index < -0.39 is 0 Å². The molecule has 0 saturated carbocycles. The van der Waals surface area contributed by atoms with Crippen molar-refractivity contribution in [3.05, 3.63) is 11.7 Å². The number of nitrogens with zero attached hydrogens (tertiary/aromatic N) is 4. The topological polar surface area (TPSA) is 87.8 Å². The van der Waals surface area contributed by atoms with Crippen molar-refractivity contribution < 1.29 is 9.26 Å². The summed E-state index contributed by atoms with van der Waals surface area (Å²) in [5.41, 5.74) is 0. The van der Waals surface area contributed by atoms with Gasteiger partial charge in [0.1, 0.15) is 0 Å². The van der Waals surface area contributed by atoms with Crippen molar-refractivity contribution in [3.63, 3.8) is 0 Å². The summed E-state index contributed by atoms with van der Waals surface area (Å²) in [6.45, 7) is 16.7. The third-order valence-corrected chi connectivity index (χ3v) is 5.52. The maximum absolute atomic E-state index is 5.55. The zero-order chi connectivity index (χ0) is 21.1. The van der Waals surface area contributed by atoms with Crippen LogP contribution in [0.4, 0.5) is 0 Å². The molecule has 174 valence electrons. The predicted octanol–water partition coefficient (Wildman–Crippen LogP) is 3.05. The minimum absolute atomic E-state index is 0. The molecule has 9 heteroatoms. The molecule has 30 heavy (non-hydrogen) atoms. The van der Waals surface area contributed by atoms with Gasteiger partial charge in [0.2, 0.25) is 5.89 Å². The Kier molecular flexibility index (Phi) is 13.5. The maximum Gasteiger partial charge on any atom is 0.228 e. The van der Waals surface area contributed by atoms with Crippen LogP contribution in [0.3, 0.4) is 0 Å². The van der Waals surface area contributed by atoms with E-state index in [0.717, 1.165) is 51.2 Å². The van der Waals surface area contributed by atoms with Crippen LogP contribution in [0.25, 0.3) is 0 Å². The summed E-state index contributed by atoms with van der Waals surface area (Å²) in [5.74, 6) is 3.20. The summed E-state index contributed by atoms with van der Waals surface area (Å²) in [5, 5.41) is 10.8. The summed E-state index contributed by atoms with van der Waals surface area (Å²) in [7, 11) is 0. The van der Waals surface area contributed by atoms with Crippen LogP contribution in [-0.4, -0.2) is 73.0 Å². The van der Waals surface area contributed by atoms with E-state index in [1.54, 1.807) is 0 Å². The van der Waals surface area contributed by atoms with Crippen LogP contribution in [0, 0.1) is 5.92 Å². The number of aliphatic imine (C=N–C) groups is 1. The smallest absolute Gasteiger partial charge is 0.228 e. The van der Waals surface area contributed by atoms with Gasteiger partial charge in [0.15, 0.2) is 11.8 Å². The number of ether oxygens (including phenoxy) is 1. The van der Waals surface area contributed by atoms with Gasteiger partial charge in [0.25, 0.3) is 0 Å². The van der Waals surface area contributed by atoms with Gasteiger partial charge >= 0.3 is 0 Å². The van der Waals surface area contributed by atoms with Crippen LogP contribution >= 0.6 is 24.0 Å². The molecule has 8 nitrogen and oxygen atoms in total. The fraction of sp³-hybridized carbons (Fsp3) is 0.857. The highest BCUT2D eigenvalue weighted by molar-refractivity contribution is 14.0. The van der Waals surface area contributed by atoms with Crippen molar-refractivity contribution in [2.45, 2.75) is 65.8 Å². The first-order valence-corrected chi connectivity index (χ1v) is 11.2. The normalized spacial score (nSPS) is 16.6. The Balaban J connectivity index is 0.00000450. The van der Waals surface area contributed by atoms with E-state index in [0.29, 0.717) is 30.8 Å². The fourth-order valence-electron chi connectivity index (χ4n) is 3.72. The number of hydrogen-bond acceptors (Lipinski definition) is 6. The maximum atomic E-state index is 5.55. The van der Waals surface area contributed by atoms with Gasteiger partial charge in [-0.2, -0.15) is 4.98 Å². The van der Waals surface area contributed by atoms with Gasteiger partial charge in [-0.3, -0.25) is 9.89 Å². The molecule has 0 bridgehead atoms. The molecule has 2 N–H and O–H groups in total. The minimum Gasteiger partial charge on any atom is -0.379 e. The molecule has 1 unspecified atom stereocenters. The second-order valence-electron chi connectivity index (χ2n) is 7.89. The highest BCUT2D eigenvalue weighted by atomic mass is 127. The van der Waals surface area contributed by atoms with Gasteiger partial charge in [-0.15, -0.1) is 24.0 Å². The number of hydrogen-bond donors (Lipinski definition) is 2. The molecule has 1 atom stereocenters. The van der Waals surface area contributed by atoms with E-state index in [2.05, 4.69) is 60.3 Å². The first kappa shape index (κ1) is 27.1. The second kappa shape index (κ2) is 15.0. The van der Waals surface area contributed by atoms with E-state index >= 15 is 0 Å². The lowest BCUT2D eigenvalue weighted by atomic mass is 9.92. The zero-order valence-electron chi connectivity index (χ0n) is 19.3. The molecular formula is C21H41IN6O2. The second-order valence-corrected chi connectivity index (χ2v) is 7.89. The SMILES string of the molecule is CCNC(=NCC(C(CC)CC)N1CCOCC1)NCCc1nc(C(C)C)no1.I. The Hall–Kier alpha value is -0.940. The molecule has 2 heterocycles. The average Bonchev–Trinajstić information content (AvgIpc) is 3.21. The van der Waals surface area contributed by atoms with Gasteiger partial charge < -0.3 is 19.9 Å². The Morgan fingerprint density at radius 2 is 1.83 bits per heavy atom. The van der Waals surface area contributed by atoms with Crippen LogP contribution < -0.4 is 10.6 Å². The van der Waals surface area contributed by atoms with Gasteiger partial charge in [-0.1, -0.05) is 45.7 Å². The number of rotatable bonds is 11. The standard InChI is InChI=1S/C21H40N6O2.HI/c1-6-17(7-2)18(27-11-13-28-14-12-27)15-24-21(22-8-3)23-10-9-19-25-20(16(4)5)26-29-19;/h16-18H,6-15H2,1-5H3,(H2,22,23,24);1H. The lowest BCUT2D eigenvalue weighted by molar-refractivity contribution is 0.00395. The van der Waals surface area contributed by atoms with E-state index in [1.165, 1.54) is 12.8 Å². The number of guanidine groups is 1. The molecule has 0 amide bonds. The van der Waals surface area contributed by atoms with Crippen LogP contribution in [0.15, 0.2) is 9.52 Å². The first-order valence-electron chi connectivity index (χ1n) is 11.2.